The minimum atomic E-state index is -0.719. The fraction of sp³-hybridized carbons (Fsp3) is 1.00. The van der Waals surface area contributed by atoms with Crippen molar-refractivity contribution in [3.63, 3.8) is 0 Å². The number of halogens is 1. The van der Waals surface area contributed by atoms with E-state index in [0.29, 0.717) is 6.54 Å². The van der Waals surface area contributed by atoms with Crippen LogP contribution in [0.25, 0.3) is 0 Å². The van der Waals surface area contributed by atoms with Gasteiger partial charge in [-0.25, -0.2) is 4.39 Å². The standard InChI is InChI=1S/C9H19FN2/c1-8(10)9(2-5-11)3-6-12-7-4-9/h8,12H,2-7,11H2,1H3. The predicted molar refractivity (Wildman–Crippen MR) is 48.8 cm³/mol. The minimum Gasteiger partial charge on any atom is -0.330 e. The van der Waals surface area contributed by atoms with E-state index >= 15 is 0 Å². The summed E-state index contributed by atoms with van der Waals surface area (Å²) in [6, 6.07) is 0. The predicted octanol–water partition coefficient (Wildman–Crippen LogP) is 1.06. The highest BCUT2D eigenvalue weighted by atomic mass is 19.1. The molecule has 0 aliphatic carbocycles. The van der Waals surface area contributed by atoms with Crippen molar-refractivity contribution < 1.29 is 4.39 Å². The van der Waals surface area contributed by atoms with Gasteiger partial charge in [0, 0.05) is 5.41 Å². The third kappa shape index (κ3) is 1.96. The summed E-state index contributed by atoms with van der Waals surface area (Å²) in [5.41, 5.74) is 5.37. The van der Waals surface area contributed by atoms with Crippen LogP contribution in [0.3, 0.4) is 0 Å². The van der Waals surface area contributed by atoms with Crippen LogP contribution in [0.1, 0.15) is 26.2 Å². The van der Waals surface area contributed by atoms with Crippen LogP contribution in [-0.2, 0) is 0 Å². The average molecular weight is 174 g/mol. The normalized spacial score (nSPS) is 25.2. The first-order valence-corrected chi connectivity index (χ1v) is 4.76. The Balaban J connectivity index is 2.56. The van der Waals surface area contributed by atoms with Gasteiger partial charge in [0.25, 0.3) is 0 Å². The lowest BCUT2D eigenvalue weighted by atomic mass is 9.73. The van der Waals surface area contributed by atoms with Crippen LogP contribution >= 0.6 is 0 Å². The summed E-state index contributed by atoms with van der Waals surface area (Å²) in [4.78, 5) is 0. The molecule has 1 aliphatic rings. The van der Waals surface area contributed by atoms with Crippen LogP contribution in [0.15, 0.2) is 0 Å². The van der Waals surface area contributed by atoms with Gasteiger partial charge < -0.3 is 11.1 Å². The SMILES string of the molecule is CC(F)C1(CCN)CCNCC1. The third-order valence-electron chi connectivity index (χ3n) is 3.09. The second kappa shape index (κ2) is 4.19. The van der Waals surface area contributed by atoms with Crippen LogP contribution in [-0.4, -0.2) is 25.8 Å². The smallest absolute Gasteiger partial charge is 0.103 e. The van der Waals surface area contributed by atoms with Gasteiger partial charge in [-0.2, -0.15) is 0 Å². The van der Waals surface area contributed by atoms with Crippen LogP contribution in [0, 0.1) is 5.41 Å². The maximum atomic E-state index is 13.3. The Hall–Kier alpha value is -0.150. The molecular formula is C9H19FN2. The topological polar surface area (TPSA) is 38.0 Å². The first-order chi connectivity index (χ1) is 5.71. The van der Waals surface area contributed by atoms with Crippen molar-refractivity contribution in [1.29, 1.82) is 0 Å². The first kappa shape index (κ1) is 9.93. The lowest BCUT2D eigenvalue weighted by Crippen LogP contribution is -2.43. The van der Waals surface area contributed by atoms with Crippen molar-refractivity contribution in [2.45, 2.75) is 32.4 Å². The number of nitrogens with one attached hydrogen (secondary N) is 1. The Morgan fingerprint density at radius 2 is 2.08 bits per heavy atom. The van der Waals surface area contributed by atoms with E-state index in [9.17, 15) is 4.39 Å². The minimum absolute atomic E-state index is 0.125. The largest absolute Gasteiger partial charge is 0.330 e. The summed E-state index contributed by atoms with van der Waals surface area (Å²) < 4.78 is 13.3. The van der Waals surface area contributed by atoms with Gasteiger partial charge in [-0.3, -0.25) is 0 Å². The maximum absolute atomic E-state index is 13.3. The average Bonchev–Trinajstić information content (AvgIpc) is 2.06. The zero-order valence-corrected chi connectivity index (χ0v) is 7.78. The molecule has 0 aromatic heterocycles. The van der Waals surface area contributed by atoms with Crippen molar-refractivity contribution in [2.75, 3.05) is 19.6 Å². The van der Waals surface area contributed by atoms with Crippen molar-refractivity contribution in [2.24, 2.45) is 11.1 Å². The van der Waals surface area contributed by atoms with Gasteiger partial charge in [0.05, 0.1) is 0 Å². The second-order valence-corrected chi connectivity index (χ2v) is 3.77. The third-order valence-corrected chi connectivity index (χ3v) is 3.09. The van der Waals surface area contributed by atoms with Gasteiger partial charge in [0.2, 0.25) is 0 Å². The number of hydrogen-bond acceptors (Lipinski definition) is 2. The molecule has 1 unspecified atom stereocenters. The zero-order valence-electron chi connectivity index (χ0n) is 7.78. The zero-order chi connectivity index (χ0) is 9.03. The lowest BCUT2D eigenvalue weighted by molar-refractivity contribution is 0.0724. The van der Waals surface area contributed by atoms with Crippen molar-refractivity contribution in [3.8, 4) is 0 Å². The summed E-state index contributed by atoms with van der Waals surface area (Å²) in [6.45, 7) is 4.15. The van der Waals surface area contributed by atoms with Crippen LogP contribution in [0.5, 0.6) is 0 Å². The van der Waals surface area contributed by atoms with Gasteiger partial charge in [-0.15, -0.1) is 0 Å². The highest BCUT2D eigenvalue weighted by molar-refractivity contribution is 4.89. The Labute approximate surface area is 73.7 Å². The molecule has 0 amide bonds. The van der Waals surface area contributed by atoms with E-state index in [0.717, 1.165) is 32.4 Å². The number of alkyl halides is 1. The molecule has 0 aromatic carbocycles. The molecule has 0 spiro atoms. The van der Waals surface area contributed by atoms with E-state index in [4.69, 9.17) is 5.73 Å². The fourth-order valence-corrected chi connectivity index (χ4v) is 2.06. The summed E-state index contributed by atoms with van der Waals surface area (Å²) in [5, 5.41) is 3.25. The molecule has 72 valence electrons. The van der Waals surface area contributed by atoms with Gasteiger partial charge in [0.15, 0.2) is 0 Å². The summed E-state index contributed by atoms with van der Waals surface area (Å²) in [7, 11) is 0. The van der Waals surface area contributed by atoms with E-state index in [1.165, 1.54) is 0 Å². The molecule has 1 atom stereocenters. The molecule has 0 radical (unpaired) electrons. The first-order valence-electron chi connectivity index (χ1n) is 4.76. The van der Waals surface area contributed by atoms with E-state index in [-0.39, 0.29) is 5.41 Å². The molecule has 1 aliphatic heterocycles. The maximum Gasteiger partial charge on any atom is 0.103 e. The highest BCUT2D eigenvalue weighted by Gasteiger charge is 2.36. The number of nitrogens with two attached hydrogens (primary N) is 1. The van der Waals surface area contributed by atoms with Crippen LogP contribution < -0.4 is 11.1 Å². The molecule has 3 N–H and O–H groups in total. The molecule has 12 heavy (non-hydrogen) atoms. The van der Waals surface area contributed by atoms with Gasteiger partial charge in [0.1, 0.15) is 6.17 Å². The Bertz CT molecular complexity index is 125. The van der Waals surface area contributed by atoms with Gasteiger partial charge in [-0.1, -0.05) is 0 Å². The molecule has 1 saturated heterocycles. The van der Waals surface area contributed by atoms with Crippen LogP contribution in [0.4, 0.5) is 4.39 Å². The summed E-state index contributed by atoms with van der Waals surface area (Å²) >= 11 is 0. The van der Waals surface area contributed by atoms with E-state index in [2.05, 4.69) is 5.32 Å². The quantitative estimate of drug-likeness (QED) is 0.671. The Morgan fingerprint density at radius 1 is 1.50 bits per heavy atom. The molecule has 1 fully saturated rings. The number of hydrogen-bond donors (Lipinski definition) is 2. The van der Waals surface area contributed by atoms with Crippen molar-refractivity contribution >= 4 is 0 Å². The Kier molecular flexibility index (Phi) is 3.47. The number of rotatable bonds is 3. The molecule has 1 heterocycles. The van der Waals surface area contributed by atoms with Gasteiger partial charge in [-0.05, 0) is 45.8 Å². The van der Waals surface area contributed by atoms with Crippen molar-refractivity contribution in [3.05, 3.63) is 0 Å². The van der Waals surface area contributed by atoms with E-state index in [1.807, 2.05) is 0 Å². The molecule has 0 bridgehead atoms. The van der Waals surface area contributed by atoms with E-state index in [1.54, 1.807) is 6.92 Å². The monoisotopic (exact) mass is 174 g/mol. The van der Waals surface area contributed by atoms with Crippen molar-refractivity contribution in [1.82, 2.24) is 5.32 Å². The number of piperidine rings is 1. The van der Waals surface area contributed by atoms with Gasteiger partial charge >= 0.3 is 0 Å². The fourth-order valence-electron chi connectivity index (χ4n) is 2.06. The summed E-state index contributed by atoms with van der Waals surface area (Å²) in [6.07, 6.45) is 1.97. The molecular weight excluding hydrogens is 155 g/mol. The van der Waals surface area contributed by atoms with Crippen LogP contribution in [0.2, 0.25) is 0 Å². The second-order valence-electron chi connectivity index (χ2n) is 3.77. The molecule has 2 nitrogen and oxygen atoms in total. The lowest BCUT2D eigenvalue weighted by Gasteiger charge is -2.38. The summed E-state index contributed by atoms with van der Waals surface area (Å²) in [5.74, 6) is 0. The highest BCUT2D eigenvalue weighted by Crippen LogP contribution is 2.37. The van der Waals surface area contributed by atoms with E-state index < -0.39 is 6.17 Å². The molecule has 0 aromatic rings. The molecule has 3 heteroatoms. The molecule has 1 rings (SSSR count). The Morgan fingerprint density at radius 3 is 2.50 bits per heavy atom. The molecule has 0 saturated carbocycles.